The second-order valence-corrected chi connectivity index (χ2v) is 6.34. The fourth-order valence-corrected chi connectivity index (χ4v) is 2.97. The number of carbonyl (C=O) groups excluding carboxylic acids is 2. The lowest BCUT2D eigenvalue weighted by Crippen LogP contribution is -2.36. The van der Waals surface area contributed by atoms with Crippen molar-refractivity contribution >= 4 is 29.2 Å². The first-order valence-corrected chi connectivity index (χ1v) is 8.45. The van der Waals surface area contributed by atoms with Crippen LogP contribution in [0.4, 0.5) is 10.5 Å². The smallest absolute Gasteiger partial charge is 0.332 e. The molecule has 0 spiro atoms. The van der Waals surface area contributed by atoms with Crippen LogP contribution in [0.15, 0.2) is 48.5 Å². The topological polar surface area (TPSA) is 49.9 Å². The summed E-state index contributed by atoms with van der Waals surface area (Å²) < 4.78 is 5.59. The molecule has 2 aromatic carbocycles. The van der Waals surface area contributed by atoms with Crippen molar-refractivity contribution in [3.05, 3.63) is 59.1 Å². The molecule has 0 radical (unpaired) electrons. The summed E-state index contributed by atoms with van der Waals surface area (Å²) in [6.07, 6.45) is 0. The molecular weight excluding hydrogens is 340 g/mol. The van der Waals surface area contributed by atoms with Gasteiger partial charge in [0.05, 0.1) is 11.6 Å². The van der Waals surface area contributed by atoms with Crippen molar-refractivity contribution in [1.29, 1.82) is 0 Å². The first kappa shape index (κ1) is 17.3. The first-order valence-electron chi connectivity index (χ1n) is 8.07. The molecule has 1 heterocycles. The number of urea groups is 1. The zero-order valence-electron chi connectivity index (χ0n) is 14.1. The first-order chi connectivity index (χ1) is 12.0. The van der Waals surface area contributed by atoms with Crippen molar-refractivity contribution in [2.45, 2.75) is 19.9 Å². The lowest BCUT2D eigenvalue weighted by Gasteiger charge is -2.19. The average molecular weight is 359 g/mol. The highest BCUT2D eigenvalue weighted by Gasteiger charge is 2.43. The number of carbonyl (C=O) groups is 2. The zero-order valence-corrected chi connectivity index (χ0v) is 14.9. The van der Waals surface area contributed by atoms with Crippen molar-refractivity contribution in [1.82, 2.24) is 4.90 Å². The number of nitrogens with zero attached hydrogens (tertiary/aromatic N) is 2. The van der Waals surface area contributed by atoms with Crippen LogP contribution in [-0.2, 0) is 4.79 Å². The van der Waals surface area contributed by atoms with Crippen LogP contribution in [0.2, 0.25) is 5.02 Å². The Labute approximate surface area is 151 Å². The van der Waals surface area contributed by atoms with Gasteiger partial charge in [0, 0.05) is 5.69 Å². The summed E-state index contributed by atoms with van der Waals surface area (Å²) in [6, 6.07) is 13.8. The van der Waals surface area contributed by atoms with Crippen molar-refractivity contribution in [2.75, 3.05) is 18.1 Å². The molecule has 5 nitrogen and oxygen atoms in total. The Bertz CT molecular complexity index is 792. The van der Waals surface area contributed by atoms with E-state index < -0.39 is 6.04 Å². The van der Waals surface area contributed by atoms with Gasteiger partial charge in [0.2, 0.25) is 0 Å². The number of halogens is 1. The zero-order chi connectivity index (χ0) is 18.0. The van der Waals surface area contributed by atoms with Crippen LogP contribution in [0.3, 0.4) is 0 Å². The highest BCUT2D eigenvalue weighted by molar-refractivity contribution is 6.32. The van der Waals surface area contributed by atoms with Gasteiger partial charge < -0.3 is 4.74 Å². The van der Waals surface area contributed by atoms with Crippen LogP contribution >= 0.6 is 11.6 Å². The standard InChI is InChI=1S/C19H19ClN2O3/c1-13-7-9-15(10-8-13)22-14(2)18(23)21(19(22)24)11-12-25-17-6-4-3-5-16(17)20/h3-10,14H,11-12H2,1-2H3/t14-/m1/s1. The maximum Gasteiger partial charge on any atom is 0.332 e. The van der Waals surface area contributed by atoms with Gasteiger partial charge in [-0.05, 0) is 38.1 Å². The van der Waals surface area contributed by atoms with Gasteiger partial charge in [0.1, 0.15) is 18.4 Å². The van der Waals surface area contributed by atoms with E-state index in [1.165, 1.54) is 9.80 Å². The van der Waals surface area contributed by atoms with Crippen molar-refractivity contribution in [3.63, 3.8) is 0 Å². The van der Waals surface area contributed by atoms with Gasteiger partial charge in [-0.1, -0.05) is 41.4 Å². The van der Waals surface area contributed by atoms with Crippen molar-refractivity contribution < 1.29 is 14.3 Å². The largest absolute Gasteiger partial charge is 0.490 e. The quantitative estimate of drug-likeness (QED) is 0.762. The van der Waals surface area contributed by atoms with Gasteiger partial charge in [-0.2, -0.15) is 0 Å². The average Bonchev–Trinajstić information content (AvgIpc) is 2.81. The highest BCUT2D eigenvalue weighted by Crippen LogP contribution is 2.26. The van der Waals surface area contributed by atoms with Gasteiger partial charge in [-0.25, -0.2) is 4.79 Å². The third kappa shape index (κ3) is 3.46. The van der Waals surface area contributed by atoms with Gasteiger partial charge in [0.15, 0.2) is 0 Å². The lowest BCUT2D eigenvalue weighted by molar-refractivity contribution is -0.127. The Kier molecular flexibility index (Phi) is 4.95. The number of para-hydroxylation sites is 1. The molecule has 0 aromatic heterocycles. The summed E-state index contributed by atoms with van der Waals surface area (Å²) in [7, 11) is 0. The summed E-state index contributed by atoms with van der Waals surface area (Å²) in [5, 5.41) is 0.497. The molecule has 2 aromatic rings. The fraction of sp³-hybridized carbons (Fsp3) is 0.263. The van der Waals surface area contributed by atoms with Crippen molar-refractivity contribution in [3.8, 4) is 5.75 Å². The number of anilines is 1. The molecule has 0 bridgehead atoms. The van der Waals surface area contributed by atoms with E-state index in [4.69, 9.17) is 16.3 Å². The monoisotopic (exact) mass is 358 g/mol. The molecule has 1 fully saturated rings. The summed E-state index contributed by atoms with van der Waals surface area (Å²) in [5.41, 5.74) is 1.81. The Balaban J connectivity index is 1.68. The van der Waals surface area contributed by atoms with Crippen LogP contribution in [-0.4, -0.2) is 36.0 Å². The van der Waals surface area contributed by atoms with E-state index in [0.29, 0.717) is 16.5 Å². The molecule has 3 rings (SSSR count). The minimum Gasteiger partial charge on any atom is -0.490 e. The molecule has 3 amide bonds. The van der Waals surface area contributed by atoms with Crippen LogP contribution in [0.25, 0.3) is 0 Å². The van der Waals surface area contributed by atoms with Gasteiger partial charge in [-0.3, -0.25) is 14.6 Å². The number of hydrogen-bond acceptors (Lipinski definition) is 3. The normalized spacial score (nSPS) is 17.3. The number of benzene rings is 2. The Hall–Kier alpha value is -2.53. The van der Waals surface area contributed by atoms with Crippen molar-refractivity contribution in [2.24, 2.45) is 0 Å². The van der Waals surface area contributed by atoms with E-state index in [0.717, 1.165) is 5.56 Å². The number of rotatable bonds is 5. The molecule has 1 saturated heterocycles. The van der Waals surface area contributed by atoms with E-state index in [2.05, 4.69) is 0 Å². The van der Waals surface area contributed by atoms with Gasteiger partial charge in [-0.15, -0.1) is 0 Å². The summed E-state index contributed by atoms with van der Waals surface area (Å²) in [5.74, 6) is 0.306. The molecule has 6 heteroatoms. The SMILES string of the molecule is Cc1ccc(N2C(=O)N(CCOc3ccccc3Cl)C(=O)[C@H]2C)cc1. The highest BCUT2D eigenvalue weighted by atomic mass is 35.5. The Morgan fingerprint density at radius 1 is 1.08 bits per heavy atom. The number of ether oxygens (including phenoxy) is 1. The van der Waals surface area contributed by atoms with Crippen LogP contribution in [0.1, 0.15) is 12.5 Å². The van der Waals surface area contributed by atoms with Gasteiger partial charge >= 0.3 is 6.03 Å². The van der Waals surface area contributed by atoms with Gasteiger partial charge in [0.25, 0.3) is 5.91 Å². The second-order valence-electron chi connectivity index (χ2n) is 5.93. The molecular formula is C19H19ClN2O3. The molecule has 0 aliphatic carbocycles. The van der Waals surface area contributed by atoms with E-state index in [9.17, 15) is 9.59 Å². The maximum atomic E-state index is 12.7. The summed E-state index contributed by atoms with van der Waals surface area (Å²) in [4.78, 5) is 27.9. The minimum atomic E-state index is -0.532. The van der Waals surface area contributed by atoms with E-state index in [1.807, 2.05) is 43.3 Å². The predicted octanol–water partition coefficient (Wildman–Crippen LogP) is 3.88. The lowest BCUT2D eigenvalue weighted by atomic mass is 10.2. The number of aryl methyl sites for hydroxylation is 1. The van der Waals surface area contributed by atoms with Crippen LogP contribution in [0, 0.1) is 6.92 Å². The molecule has 0 unspecified atom stereocenters. The molecule has 1 aliphatic heterocycles. The fourth-order valence-electron chi connectivity index (χ4n) is 2.78. The molecule has 0 N–H and O–H groups in total. The number of hydrogen-bond donors (Lipinski definition) is 0. The molecule has 1 atom stereocenters. The summed E-state index contributed by atoms with van der Waals surface area (Å²) >= 11 is 6.04. The third-order valence-electron chi connectivity index (χ3n) is 4.17. The van der Waals surface area contributed by atoms with Crippen LogP contribution < -0.4 is 9.64 Å². The minimum absolute atomic E-state index is 0.176. The summed E-state index contributed by atoms with van der Waals surface area (Å²) in [6.45, 7) is 4.07. The maximum absolute atomic E-state index is 12.7. The molecule has 0 saturated carbocycles. The number of amides is 3. The van der Waals surface area contributed by atoms with E-state index in [-0.39, 0.29) is 25.1 Å². The third-order valence-corrected chi connectivity index (χ3v) is 4.48. The van der Waals surface area contributed by atoms with E-state index >= 15 is 0 Å². The molecule has 25 heavy (non-hydrogen) atoms. The molecule has 130 valence electrons. The number of imide groups is 1. The van der Waals surface area contributed by atoms with E-state index in [1.54, 1.807) is 19.1 Å². The molecule has 1 aliphatic rings. The Morgan fingerprint density at radius 3 is 2.44 bits per heavy atom. The Morgan fingerprint density at radius 2 is 1.76 bits per heavy atom. The second kappa shape index (κ2) is 7.15. The van der Waals surface area contributed by atoms with Crippen LogP contribution in [0.5, 0.6) is 5.75 Å². The predicted molar refractivity (Wildman–Crippen MR) is 97.2 cm³/mol.